The molecule has 146 valence electrons. The lowest BCUT2D eigenvalue weighted by Gasteiger charge is -2.28. The summed E-state index contributed by atoms with van der Waals surface area (Å²) in [7, 11) is 2.14. The van der Waals surface area contributed by atoms with Crippen molar-refractivity contribution >= 4 is 28.1 Å². The van der Waals surface area contributed by atoms with Crippen LogP contribution >= 0.6 is 11.3 Å². The number of anilines is 2. The molecule has 1 fully saturated rings. The first kappa shape index (κ1) is 18.6. The van der Waals surface area contributed by atoms with Gasteiger partial charge in [-0.1, -0.05) is 41.7 Å². The number of carbonyl (C=O) groups is 1. The molecule has 0 radical (unpaired) electrons. The van der Waals surface area contributed by atoms with Crippen molar-refractivity contribution in [3.63, 3.8) is 0 Å². The van der Waals surface area contributed by atoms with Crippen LogP contribution in [0.4, 0.5) is 15.5 Å². The largest absolute Gasteiger partial charge is 0.324 e. The molecule has 0 saturated carbocycles. The highest BCUT2D eigenvalue weighted by molar-refractivity contribution is 7.19. The van der Waals surface area contributed by atoms with Gasteiger partial charge in [-0.2, -0.15) is 5.10 Å². The minimum atomic E-state index is -0.283. The van der Waals surface area contributed by atoms with E-state index in [4.69, 9.17) is 0 Å². The van der Waals surface area contributed by atoms with Crippen molar-refractivity contribution in [3.8, 4) is 10.6 Å². The van der Waals surface area contributed by atoms with Crippen molar-refractivity contribution in [2.24, 2.45) is 0 Å². The molecule has 1 saturated heterocycles. The van der Waals surface area contributed by atoms with Crippen molar-refractivity contribution in [2.75, 3.05) is 30.8 Å². The Balaban J connectivity index is 1.38. The lowest BCUT2D eigenvalue weighted by Crippen LogP contribution is -2.31. The normalized spacial score (nSPS) is 15.5. The number of aryl methyl sites for hydroxylation is 1. The van der Waals surface area contributed by atoms with E-state index in [2.05, 4.69) is 32.7 Å². The Morgan fingerprint density at radius 3 is 2.68 bits per heavy atom. The van der Waals surface area contributed by atoms with Gasteiger partial charge in [0.05, 0.1) is 23.6 Å². The van der Waals surface area contributed by atoms with Crippen LogP contribution in [-0.2, 0) is 0 Å². The zero-order chi connectivity index (χ0) is 19.5. The van der Waals surface area contributed by atoms with E-state index in [9.17, 15) is 4.79 Å². The van der Waals surface area contributed by atoms with Crippen molar-refractivity contribution in [1.29, 1.82) is 0 Å². The summed E-state index contributed by atoms with van der Waals surface area (Å²) in [6.07, 6.45) is 5.76. The molecular weight excluding hydrogens is 372 g/mol. The molecule has 28 heavy (non-hydrogen) atoms. The third-order valence-electron chi connectivity index (χ3n) is 4.97. The molecular formula is C20H24N6OS. The number of thiazole rings is 1. The minimum Gasteiger partial charge on any atom is -0.306 e. The number of nitrogens with zero attached hydrogens (tertiary/aromatic N) is 4. The van der Waals surface area contributed by atoms with Crippen LogP contribution in [0.15, 0.2) is 42.7 Å². The summed E-state index contributed by atoms with van der Waals surface area (Å²) in [5, 5.41) is 11.8. The van der Waals surface area contributed by atoms with E-state index >= 15 is 0 Å². The van der Waals surface area contributed by atoms with E-state index in [0.717, 1.165) is 47.2 Å². The van der Waals surface area contributed by atoms with Gasteiger partial charge in [0.25, 0.3) is 0 Å². The van der Waals surface area contributed by atoms with Gasteiger partial charge >= 0.3 is 6.03 Å². The summed E-state index contributed by atoms with van der Waals surface area (Å²) < 4.78 is 1.97. The van der Waals surface area contributed by atoms with Crippen LogP contribution in [0.2, 0.25) is 0 Å². The van der Waals surface area contributed by atoms with Gasteiger partial charge in [-0.15, -0.1) is 0 Å². The second-order valence-electron chi connectivity index (χ2n) is 7.12. The zero-order valence-corrected chi connectivity index (χ0v) is 16.9. The van der Waals surface area contributed by atoms with Crippen LogP contribution in [0, 0.1) is 6.92 Å². The summed E-state index contributed by atoms with van der Waals surface area (Å²) in [6, 6.07) is 10.1. The highest BCUT2D eigenvalue weighted by Crippen LogP contribution is 2.31. The number of nitrogens with one attached hydrogen (secondary N) is 2. The van der Waals surface area contributed by atoms with E-state index in [0.29, 0.717) is 11.7 Å². The quantitative estimate of drug-likeness (QED) is 0.692. The zero-order valence-electron chi connectivity index (χ0n) is 16.1. The molecule has 0 bridgehead atoms. The number of rotatable bonds is 4. The molecule has 1 aliphatic heterocycles. The molecule has 1 aromatic carbocycles. The van der Waals surface area contributed by atoms with E-state index in [1.165, 1.54) is 11.3 Å². The number of piperidine rings is 1. The molecule has 0 spiro atoms. The monoisotopic (exact) mass is 396 g/mol. The van der Waals surface area contributed by atoms with Crippen molar-refractivity contribution in [2.45, 2.75) is 25.8 Å². The van der Waals surface area contributed by atoms with E-state index < -0.39 is 0 Å². The molecule has 3 heterocycles. The van der Waals surface area contributed by atoms with Crippen LogP contribution in [-0.4, -0.2) is 45.8 Å². The van der Waals surface area contributed by atoms with E-state index in [1.807, 2.05) is 48.1 Å². The average molecular weight is 397 g/mol. The van der Waals surface area contributed by atoms with Gasteiger partial charge in [0.2, 0.25) is 0 Å². The van der Waals surface area contributed by atoms with Crippen molar-refractivity contribution in [3.05, 3.63) is 48.4 Å². The highest BCUT2D eigenvalue weighted by Gasteiger charge is 2.19. The smallest absolute Gasteiger partial charge is 0.306 e. The number of amides is 2. The van der Waals surface area contributed by atoms with Crippen molar-refractivity contribution in [1.82, 2.24) is 19.7 Å². The summed E-state index contributed by atoms with van der Waals surface area (Å²) in [4.78, 5) is 19.3. The van der Waals surface area contributed by atoms with Gasteiger partial charge in [0, 0.05) is 11.8 Å². The maximum Gasteiger partial charge on any atom is 0.324 e. The number of urea groups is 1. The van der Waals surface area contributed by atoms with Gasteiger partial charge in [0.1, 0.15) is 10.0 Å². The molecule has 2 N–H and O–H groups in total. The number of hydrogen-bond donors (Lipinski definition) is 2. The third-order valence-corrected chi connectivity index (χ3v) is 6.09. The van der Waals surface area contributed by atoms with E-state index in [1.54, 1.807) is 6.20 Å². The lowest BCUT2D eigenvalue weighted by atomic mass is 10.1. The van der Waals surface area contributed by atoms with Crippen LogP contribution in [0.25, 0.3) is 10.6 Å². The molecule has 1 aliphatic rings. The third kappa shape index (κ3) is 4.23. The van der Waals surface area contributed by atoms with Gasteiger partial charge in [-0.05, 0) is 39.9 Å². The Labute approximate surface area is 168 Å². The van der Waals surface area contributed by atoms with Gasteiger partial charge in [-0.25, -0.2) is 9.78 Å². The second-order valence-corrected chi connectivity index (χ2v) is 8.12. The first-order valence-electron chi connectivity index (χ1n) is 9.42. The van der Waals surface area contributed by atoms with Crippen LogP contribution in [0.5, 0.6) is 0 Å². The standard InChI is InChI=1S/C20H24N6OS/c1-14-18(28-19(22-14)15-6-4-3-5-7-15)24-20(27)23-16-12-21-26(13-16)17-8-10-25(2)11-9-17/h3-7,12-13,17H,8-11H2,1-2H3,(H2,23,24,27). The minimum absolute atomic E-state index is 0.283. The predicted octanol–water partition coefficient (Wildman–Crippen LogP) is 4.23. The molecule has 3 aromatic rings. The Hall–Kier alpha value is -2.71. The highest BCUT2D eigenvalue weighted by atomic mass is 32.1. The maximum atomic E-state index is 12.4. The number of aromatic nitrogens is 3. The number of benzene rings is 1. The number of carbonyl (C=O) groups excluding carboxylic acids is 1. The maximum absolute atomic E-state index is 12.4. The molecule has 7 nitrogen and oxygen atoms in total. The van der Waals surface area contributed by atoms with Gasteiger partial charge < -0.3 is 10.2 Å². The summed E-state index contributed by atoms with van der Waals surface area (Å²) >= 11 is 1.47. The Bertz CT molecular complexity index is 943. The first-order valence-corrected chi connectivity index (χ1v) is 10.2. The van der Waals surface area contributed by atoms with Crippen LogP contribution in [0.1, 0.15) is 24.6 Å². The molecule has 0 atom stereocenters. The van der Waals surface area contributed by atoms with E-state index in [-0.39, 0.29) is 6.03 Å². The SMILES string of the molecule is Cc1nc(-c2ccccc2)sc1NC(=O)Nc1cnn(C2CCN(C)CC2)c1. The fourth-order valence-corrected chi connectivity index (χ4v) is 4.31. The predicted molar refractivity (Wildman–Crippen MR) is 113 cm³/mol. The summed E-state index contributed by atoms with van der Waals surface area (Å²) in [5.74, 6) is 0. The van der Waals surface area contributed by atoms with Gasteiger partial charge in [-0.3, -0.25) is 10.00 Å². The first-order chi connectivity index (χ1) is 13.6. The van der Waals surface area contributed by atoms with Crippen molar-refractivity contribution < 1.29 is 4.79 Å². The number of hydrogen-bond acceptors (Lipinski definition) is 5. The fraction of sp³-hybridized carbons (Fsp3) is 0.350. The summed E-state index contributed by atoms with van der Waals surface area (Å²) in [6.45, 7) is 4.04. The molecule has 8 heteroatoms. The summed E-state index contributed by atoms with van der Waals surface area (Å²) in [5.41, 5.74) is 2.55. The molecule has 0 unspecified atom stereocenters. The fourth-order valence-electron chi connectivity index (χ4n) is 3.34. The molecule has 4 rings (SSSR count). The van der Waals surface area contributed by atoms with Crippen LogP contribution in [0.3, 0.4) is 0 Å². The Kier molecular flexibility index (Phi) is 5.40. The number of likely N-dealkylation sites (tertiary alicyclic amines) is 1. The molecule has 2 amide bonds. The topological polar surface area (TPSA) is 75.1 Å². The Morgan fingerprint density at radius 2 is 1.93 bits per heavy atom. The molecule has 0 aliphatic carbocycles. The average Bonchev–Trinajstić information content (AvgIpc) is 3.30. The van der Waals surface area contributed by atoms with Gasteiger partial charge in [0.15, 0.2) is 0 Å². The Morgan fingerprint density at radius 1 is 1.18 bits per heavy atom. The molecule has 2 aromatic heterocycles. The second kappa shape index (κ2) is 8.12. The lowest BCUT2D eigenvalue weighted by molar-refractivity contribution is 0.212. The van der Waals surface area contributed by atoms with Crippen LogP contribution < -0.4 is 10.6 Å².